The Kier molecular flexibility index (Phi) is 9.84. The van der Waals surface area contributed by atoms with Crippen LogP contribution < -0.4 is 10.6 Å². The number of hydrogen-bond acceptors (Lipinski definition) is 8. The van der Waals surface area contributed by atoms with Gasteiger partial charge in [-0.15, -0.1) is 11.3 Å². The van der Waals surface area contributed by atoms with Crippen LogP contribution in [-0.4, -0.2) is 80.8 Å². The molecule has 0 saturated heterocycles. The largest absolute Gasteiger partial charge is 0.450 e. The molecule has 14 heteroatoms. The molecule has 0 saturated carbocycles. The van der Waals surface area contributed by atoms with E-state index in [-0.39, 0.29) is 40.7 Å². The van der Waals surface area contributed by atoms with Gasteiger partial charge in [-0.3, -0.25) is 14.9 Å². The number of nitrogens with zero attached hydrogens (tertiary/aromatic N) is 3. The number of sulfonamides is 1. The van der Waals surface area contributed by atoms with Crippen LogP contribution >= 0.6 is 11.3 Å². The van der Waals surface area contributed by atoms with Crippen LogP contribution in [0.1, 0.15) is 43.6 Å². The first-order valence-corrected chi connectivity index (χ1v) is 15.7. The molecule has 0 radical (unpaired) electrons. The maximum Gasteiger partial charge on any atom is 0.410 e. The zero-order valence-electron chi connectivity index (χ0n) is 24.2. The maximum atomic E-state index is 13.3. The minimum atomic E-state index is -3.82. The highest BCUT2D eigenvalue weighted by Gasteiger charge is 2.32. The number of urea groups is 1. The summed E-state index contributed by atoms with van der Waals surface area (Å²) >= 11 is 1.13. The Morgan fingerprint density at radius 2 is 1.65 bits per heavy atom. The van der Waals surface area contributed by atoms with Gasteiger partial charge < -0.3 is 19.9 Å². The Morgan fingerprint density at radius 1 is 0.977 bits per heavy atom. The van der Waals surface area contributed by atoms with E-state index in [0.717, 1.165) is 16.9 Å². The van der Waals surface area contributed by atoms with Crippen LogP contribution in [0.5, 0.6) is 0 Å². The number of nitrogens with one attached hydrogen (secondary N) is 2. The van der Waals surface area contributed by atoms with Gasteiger partial charge in [0.15, 0.2) is 0 Å². The summed E-state index contributed by atoms with van der Waals surface area (Å²) < 4.78 is 32.5. The number of anilines is 1. The summed E-state index contributed by atoms with van der Waals surface area (Å²) in [5, 5.41) is 5.28. The first-order chi connectivity index (χ1) is 20.4. The molecule has 2 heterocycles. The standard InChI is InChI=1S/C29H33N5O7S2/c1-5-41-29(38)34-16-15-22-23(18-34)42-27(24(22)26(36)31-28(37)32(2)3)30-25(35)20-11-13-21(14-12-20)43(39,40)33(4)17-19-9-7-6-8-10-19/h6-14H,5,15-18H2,1-4H3,(H,30,35)(H,31,36,37). The van der Waals surface area contributed by atoms with Gasteiger partial charge in [-0.1, -0.05) is 30.3 Å². The summed E-state index contributed by atoms with van der Waals surface area (Å²) in [6.45, 7) is 2.59. The van der Waals surface area contributed by atoms with Crippen LogP contribution in [0.15, 0.2) is 59.5 Å². The lowest BCUT2D eigenvalue weighted by atomic mass is 10.0. The molecule has 4 rings (SSSR count). The van der Waals surface area contributed by atoms with Gasteiger partial charge in [0.05, 0.1) is 23.6 Å². The predicted octanol–water partition coefficient (Wildman–Crippen LogP) is 3.75. The van der Waals surface area contributed by atoms with E-state index >= 15 is 0 Å². The molecule has 0 unspecified atom stereocenters. The molecule has 1 aliphatic heterocycles. The maximum absolute atomic E-state index is 13.3. The van der Waals surface area contributed by atoms with Crippen molar-refractivity contribution in [3.05, 3.63) is 81.7 Å². The van der Waals surface area contributed by atoms with E-state index in [1.54, 1.807) is 6.92 Å². The van der Waals surface area contributed by atoms with Gasteiger partial charge in [0.2, 0.25) is 10.0 Å². The van der Waals surface area contributed by atoms with E-state index in [0.29, 0.717) is 23.4 Å². The van der Waals surface area contributed by atoms with Crippen molar-refractivity contribution in [3.63, 3.8) is 0 Å². The van der Waals surface area contributed by atoms with Gasteiger partial charge >= 0.3 is 12.1 Å². The van der Waals surface area contributed by atoms with Gasteiger partial charge in [-0.05, 0) is 48.7 Å². The Hall–Kier alpha value is -4.27. The second-order valence-corrected chi connectivity index (χ2v) is 13.1. The lowest BCUT2D eigenvalue weighted by Gasteiger charge is -2.26. The third kappa shape index (κ3) is 7.21. The molecule has 43 heavy (non-hydrogen) atoms. The summed E-state index contributed by atoms with van der Waals surface area (Å²) in [5.74, 6) is -1.26. The van der Waals surface area contributed by atoms with Crippen LogP contribution in [0.25, 0.3) is 0 Å². The van der Waals surface area contributed by atoms with Crippen molar-refractivity contribution < 1.29 is 32.3 Å². The monoisotopic (exact) mass is 627 g/mol. The van der Waals surface area contributed by atoms with E-state index < -0.39 is 34.0 Å². The van der Waals surface area contributed by atoms with E-state index in [9.17, 15) is 27.6 Å². The molecule has 5 amide bonds. The number of carbonyl (C=O) groups excluding carboxylic acids is 4. The smallest absolute Gasteiger partial charge is 0.410 e. The molecule has 2 aromatic carbocycles. The Labute approximate surface area is 254 Å². The van der Waals surface area contributed by atoms with Crippen molar-refractivity contribution in [1.29, 1.82) is 0 Å². The van der Waals surface area contributed by atoms with Gasteiger partial charge in [0.1, 0.15) is 5.00 Å². The highest BCUT2D eigenvalue weighted by Crippen LogP contribution is 2.37. The van der Waals surface area contributed by atoms with Gasteiger partial charge in [-0.25, -0.2) is 18.0 Å². The molecule has 1 aliphatic rings. The number of hydrogen-bond donors (Lipinski definition) is 2. The number of ether oxygens (including phenoxy) is 1. The second-order valence-electron chi connectivity index (χ2n) is 9.96. The fraction of sp³-hybridized carbons (Fsp3) is 0.310. The minimum absolute atomic E-state index is 0.0235. The minimum Gasteiger partial charge on any atom is -0.450 e. The number of fused-ring (bicyclic) bond motifs is 1. The van der Waals surface area contributed by atoms with E-state index in [4.69, 9.17) is 4.74 Å². The van der Waals surface area contributed by atoms with Crippen molar-refractivity contribution >= 4 is 50.3 Å². The number of amides is 5. The van der Waals surface area contributed by atoms with Gasteiger partial charge in [0, 0.05) is 44.7 Å². The van der Waals surface area contributed by atoms with Crippen molar-refractivity contribution in [2.24, 2.45) is 0 Å². The van der Waals surface area contributed by atoms with Crippen molar-refractivity contribution in [3.8, 4) is 0 Å². The van der Waals surface area contributed by atoms with Gasteiger partial charge in [0.25, 0.3) is 11.8 Å². The normalized spacial score (nSPS) is 12.8. The van der Waals surface area contributed by atoms with Crippen molar-refractivity contribution in [1.82, 2.24) is 19.4 Å². The third-order valence-corrected chi connectivity index (χ3v) is 9.69. The van der Waals surface area contributed by atoms with Crippen LogP contribution in [0.3, 0.4) is 0 Å². The molecule has 0 fully saturated rings. The quantitative estimate of drug-likeness (QED) is 0.387. The first kappa shape index (κ1) is 31.7. The van der Waals surface area contributed by atoms with Crippen molar-refractivity contribution in [2.45, 2.75) is 31.3 Å². The predicted molar refractivity (Wildman–Crippen MR) is 161 cm³/mol. The summed E-state index contributed by atoms with van der Waals surface area (Å²) in [6, 6.07) is 14.1. The molecule has 0 spiro atoms. The van der Waals surface area contributed by atoms with Crippen LogP contribution in [-0.2, 0) is 34.3 Å². The molecule has 0 aliphatic carbocycles. The zero-order chi connectivity index (χ0) is 31.3. The highest BCUT2D eigenvalue weighted by molar-refractivity contribution is 7.89. The molecular formula is C29H33N5O7S2. The molecule has 0 bridgehead atoms. The summed E-state index contributed by atoms with van der Waals surface area (Å²) in [6.07, 6.45) is -0.159. The summed E-state index contributed by atoms with van der Waals surface area (Å²) in [5.41, 5.74) is 1.78. The van der Waals surface area contributed by atoms with E-state index in [2.05, 4.69) is 10.6 Å². The average molecular weight is 628 g/mol. The Bertz CT molecular complexity index is 1620. The molecule has 3 aromatic rings. The Balaban J connectivity index is 1.56. The van der Waals surface area contributed by atoms with Crippen LogP contribution in [0.4, 0.5) is 14.6 Å². The van der Waals surface area contributed by atoms with Gasteiger partial charge in [-0.2, -0.15) is 4.31 Å². The molecule has 1 aromatic heterocycles. The second kappa shape index (κ2) is 13.4. The summed E-state index contributed by atoms with van der Waals surface area (Å²) in [4.78, 5) is 54.5. The fourth-order valence-electron chi connectivity index (χ4n) is 4.43. The number of carbonyl (C=O) groups is 4. The molecule has 12 nitrogen and oxygen atoms in total. The number of imide groups is 1. The highest BCUT2D eigenvalue weighted by atomic mass is 32.2. The first-order valence-electron chi connectivity index (χ1n) is 13.4. The third-order valence-electron chi connectivity index (χ3n) is 6.74. The molecule has 0 atom stereocenters. The number of benzene rings is 2. The van der Waals surface area contributed by atoms with Crippen LogP contribution in [0, 0.1) is 0 Å². The number of rotatable bonds is 8. The van der Waals surface area contributed by atoms with E-state index in [1.807, 2.05) is 30.3 Å². The fourth-order valence-corrected chi connectivity index (χ4v) is 6.85. The topological polar surface area (TPSA) is 145 Å². The SMILES string of the molecule is CCOC(=O)N1CCc2c(sc(NC(=O)c3ccc(S(=O)(=O)N(C)Cc4ccccc4)cc3)c2C(=O)NC(=O)N(C)C)C1. The van der Waals surface area contributed by atoms with Crippen LogP contribution in [0.2, 0.25) is 0 Å². The lowest BCUT2D eigenvalue weighted by Crippen LogP contribution is -2.40. The van der Waals surface area contributed by atoms with E-state index in [1.165, 1.54) is 59.5 Å². The molecule has 2 N–H and O–H groups in total. The average Bonchev–Trinajstić information content (AvgIpc) is 3.34. The Morgan fingerprint density at radius 3 is 2.28 bits per heavy atom. The number of thiophene rings is 1. The summed E-state index contributed by atoms with van der Waals surface area (Å²) in [7, 11) is 0.653. The molecule has 228 valence electrons. The van der Waals surface area contributed by atoms with Crippen molar-refractivity contribution in [2.75, 3.05) is 39.6 Å². The lowest BCUT2D eigenvalue weighted by molar-refractivity contribution is 0.0955. The molecular weight excluding hydrogens is 594 g/mol. The zero-order valence-corrected chi connectivity index (χ0v) is 25.9.